The molecule has 1 aliphatic rings. The maximum atomic E-state index is 13.3. The van der Waals surface area contributed by atoms with Crippen molar-refractivity contribution in [1.29, 1.82) is 0 Å². The number of amides is 1. The van der Waals surface area contributed by atoms with Gasteiger partial charge in [0, 0.05) is 0 Å². The standard InChI is InChI=1S/C23H22ClN7O3Se/c1-12-7-14(15-8-19(24)26-11-18(15)34-2)16(9-25-12)20(33)29-23-28-17-10-27-22(30-21(17)35-23)31-5-3-13(32)4-6-31/h7-11,13,32H,3-6H2,1-2H3,(H,28,29,33). The average Bonchev–Trinajstić information content (AvgIpc) is 3.25. The summed E-state index contributed by atoms with van der Waals surface area (Å²) in [6.45, 7) is 3.27. The monoisotopic (exact) mass is 559 g/mol. The number of aromatic nitrogens is 5. The van der Waals surface area contributed by atoms with Crippen molar-refractivity contribution in [2.24, 2.45) is 0 Å². The van der Waals surface area contributed by atoms with E-state index in [1.807, 2.05) is 13.0 Å². The third-order valence-corrected chi connectivity index (χ3v) is 7.79. The minimum absolute atomic E-state index is 0.264. The van der Waals surface area contributed by atoms with Gasteiger partial charge in [-0.25, -0.2) is 0 Å². The second-order valence-corrected chi connectivity index (χ2v) is 10.6. The number of carbonyl (C=O) groups excluding carboxylic acids is 1. The van der Waals surface area contributed by atoms with Gasteiger partial charge < -0.3 is 0 Å². The van der Waals surface area contributed by atoms with Gasteiger partial charge in [-0.15, -0.1) is 0 Å². The average molecular weight is 559 g/mol. The Hall–Kier alpha value is -3.11. The predicted octanol–water partition coefficient (Wildman–Crippen LogP) is 2.72. The normalized spacial score (nSPS) is 14.3. The third kappa shape index (κ3) is 4.99. The number of piperidine rings is 1. The van der Waals surface area contributed by atoms with E-state index in [1.54, 1.807) is 12.3 Å². The van der Waals surface area contributed by atoms with Crippen LogP contribution in [0.1, 0.15) is 28.9 Å². The van der Waals surface area contributed by atoms with Crippen LogP contribution in [0.3, 0.4) is 0 Å². The Kier molecular flexibility index (Phi) is 6.66. The molecule has 180 valence electrons. The zero-order chi connectivity index (χ0) is 24.5. The Morgan fingerprint density at radius 1 is 1.14 bits per heavy atom. The van der Waals surface area contributed by atoms with Gasteiger partial charge in [0.25, 0.3) is 0 Å². The summed E-state index contributed by atoms with van der Waals surface area (Å²) < 4.78 is 6.80. The van der Waals surface area contributed by atoms with E-state index in [4.69, 9.17) is 16.3 Å². The van der Waals surface area contributed by atoms with Crippen LogP contribution in [0, 0.1) is 6.92 Å². The number of rotatable bonds is 5. The first-order valence-electron chi connectivity index (χ1n) is 11.0. The van der Waals surface area contributed by atoms with E-state index in [9.17, 15) is 9.90 Å². The van der Waals surface area contributed by atoms with Gasteiger partial charge in [0.1, 0.15) is 0 Å². The topological polar surface area (TPSA) is 126 Å². The molecule has 0 radical (unpaired) electrons. The molecule has 1 amide bonds. The number of halogens is 1. The molecule has 10 nitrogen and oxygen atoms in total. The molecule has 0 atom stereocenters. The minimum atomic E-state index is -0.339. The van der Waals surface area contributed by atoms with Crippen LogP contribution in [0.5, 0.6) is 5.75 Å². The van der Waals surface area contributed by atoms with E-state index >= 15 is 0 Å². The molecule has 5 heterocycles. The molecule has 35 heavy (non-hydrogen) atoms. The number of nitrogens with one attached hydrogen (secondary N) is 1. The molecular formula is C23H22ClN7O3Se. The van der Waals surface area contributed by atoms with E-state index in [0.717, 1.165) is 10.1 Å². The maximum absolute atomic E-state index is 13.3. The molecule has 1 fully saturated rings. The number of carbonyl (C=O) groups is 1. The first-order valence-corrected chi connectivity index (χ1v) is 13.0. The van der Waals surface area contributed by atoms with Gasteiger partial charge in [-0.1, -0.05) is 0 Å². The van der Waals surface area contributed by atoms with Crippen molar-refractivity contribution in [3.05, 3.63) is 47.1 Å². The number of aryl methyl sites for hydroxylation is 1. The Balaban J connectivity index is 1.43. The van der Waals surface area contributed by atoms with E-state index < -0.39 is 0 Å². The molecule has 0 bridgehead atoms. The van der Waals surface area contributed by atoms with Gasteiger partial charge in [0.2, 0.25) is 0 Å². The Morgan fingerprint density at radius 2 is 1.94 bits per heavy atom. The van der Waals surface area contributed by atoms with Crippen molar-refractivity contribution >= 4 is 52.6 Å². The Labute approximate surface area is 212 Å². The molecule has 0 saturated carbocycles. The summed E-state index contributed by atoms with van der Waals surface area (Å²) in [5, 5.41) is 13.0. The number of hydrogen-bond acceptors (Lipinski definition) is 9. The molecule has 2 N–H and O–H groups in total. The van der Waals surface area contributed by atoms with Crippen LogP contribution in [0.15, 0.2) is 30.7 Å². The zero-order valence-corrected chi connectivity index (χ0v) is 21.5. The van der Waals surface area contributed by atoms with Crippen LogP contribution in [0.4, 0.5) is 10.6 Å². The van der Waals surface area contributed by atoms with Gasteiger partial charge in [-0.2, -0.15) is 0 Å². The molecule has 0 aromatic carbocycles. The van der Waals surface area contributed by atoms with Gasteiger partial charge in [0.05, 0.1) is 0 Å². The number of aliphatic hydroxyl groups excluding tert-OH is 1. The number of fused-ring (bicyclic) bond motifs is 1. The predicted molar refractivity (Wildman–Crippen MR) is 133 cm³/mol. The molecule has 0 spiro atoms. The number of anilines is 2. The Bertz CT molecular complexity index is 1410. The van der Waals surface area contributed by atoms with Crippen LogP contribution >= 0.6 is 11.6 Å². The van der Waals surface area contributed by atoms with Crippen molar-refractivity contribution in [3.63, 3.8) is 0 Å². The molecule has 4 aromatic rings. The molecule has 0 unspecified atom stereocenters. The van der Waals surface area contributed by atoms with E-state index in [-0.39, 0.29) is 31.7 Å². The number of ether oxygens (including phenoxy) is 1. The molecule has 12 heteroatoms. The number of pyridine rings is 2. The van der Waals surface area contributed by atoms with Gasteiger partial charge >= 0.3 is 212 Å². The zero-order valence-electron chi connectivity index (χ0n) is 19.0. The van der Waals surface area contributed by atoms with Crippen LogP contribution in [-0.2, 0) is 0 Å². The number of nitrogens with zero attached hydrogens (tertiary/aromatic N) is 6. The second-order valence-electron chi connectivity index (χ2n) is 8.13. The first-order chi connectivity index (χ1) is 16.9. The summed E-state index contributed by atoms with van der Waals surface area (Å²) in [5.74, 6) is 0.790. The number of methoxy groups -OCH3 is 1. The van der Waals surface area contributed by atoms with Gasteiger partial charge in [-0.3, -0.25) is 0 Å². The van der Waals surface area contributed by atoms with Crippen molar-refractivity contribution in [2.45, 2.75) is 25.9 Å². The van der Waals surface area contributed by atoms with E-state index in [0.29, 0.717) is 64.5 Å². The fourth-order valence-electron chi connectivity index (χ4n) is 3.92. The van der Waals surface area contributed by atoms with Crippen molar-refractivity contribution in [3.8, 4) is 16.9 Å². The summed E-state index contributed by atoms with van der Waals surface area (Å²) in [5.41, 5.74) is 3.05. The number of hydrogen-bond donors (Lipinski definition) is 2. The van der Waals surface area contributed by atoms with E-state index in [2.05, 4.69) is 35.1 Å². The first kappa shape index (κ1) is 23.6. The van der Waals surface area contributed by atoms with Gasteiger partial charge in [-0.05, 0) is 0 Å². The quantitative estimate of drug-likeness (QED) is 0.281. The third-order valence-electron chi connectivity index (χ3n) is 5.74. The summed E-state index contributed by atoms with van der Waals surface area (Å²) in [7, 11) is 1.54. The van der Waals surface area contributed by atoms with Crippen LogP contribution in [0.2, 0.25) is 5.15 Å². The van der Waals surface area contributed by atoms with Crippen molar-refractivity contribution < 1.29 is 14.6 Å². The SMILES string of the molecule is COc1cnc(Cl)cc1-c1cc(C)ncc1C(=O)Nc1nc2cnc(N3CCC(O)CC3)nc2[se]1. The molecule has 0 aliphatic carbocycles. The fraction of sp³-hybridized carbons (Fsp3) is 0.304. The fourth-order valence-corrected chi connectivity index (χ4v) is 5.76. The molecular weight excluding hydrogens is 537 g/mol. The number of aliphatic hydroxyl groups is 1. The Morgan fingerprint density at radius 3 is 2.71 bits per heavy atom. The van der Waals surface area contributed by atoms with E-state index in [1.165, 1.54) is 19.5 Å². The van der Waals surface area contributed by atoms with Crippen molar-refractivity contribution in [2.75, 3.05) is 30.4 Å². The molecule has 4 aromatic heterocycles. The molecule has 1 aliphatic heterocycles. The summed E-state index contributed by atoms with van der Waals surface area (Å²) in [6, 6.07) is 3.47. The van der Waals surface area contributed by atoms with Gasteiger partial charge in [0.15, 0.2) is 0 Å². The molecule has 1 saturated heterocycles. The van der Waals surface area contributed by atoms with Crippen LogP contribution in [0.25, 0.3) is 21.0 Å². The second kappa shape index (κ2) is 9.87. The summed E-state index contributed by atoms with van der Waals surface area (Å²) in [6.07, 6.45) is 5.88. The summed E-state index contributed by atoms with van der Waals surface area (Å²) in [4.78, 5) is 37.4. The van der Waals surface area contributed by atoms with Crippen LogP contribution in [-0.4, -0.2) is 76.7 Å². The van der Waals surface area contributed by atoms with Crippen molar-refractivity contribution in [1.82, 2.24) is 24.9 Å². The molecule has 5 rings (SSSR count). The summed E-state index contributed by atoms with van der Waals surface area (Å²) >= 11 is 5.85. The van der Waals surface area contributed by atoms with Crippen LogP contribution < -0.4 is 15.0 Å².